The number of primary amides is 1. The van der Waals surface area contributed by atoms with E-state index in [1.165, 1.54) is 6.08 Å². The maximum atomic E-state index is 12.3. The Balaban J connectivity index is 2.14. The van der Waals surface area contributed by atoms with E-state index in [1.807, 2.05) is 6.07 Å². The Labute approximate surface area is 155 Å². The minimum atomic E-state index is -0.575. The molecule has 2 amide bonds. The lowest BCUT2D eigenvalue weighted by Gasteiger charge is -2.09. The first-order valence-electron chi connectivity index (χ1n) is 7.60. The number of amides is 2. The molecule has 0 atom stereocenters. The zero-order valence-corrected chi connectivity index (χ0v) is 14.7. The van der Waals surface area contributed by atoms with Crippen molar-refractivity contribution < 1.29 is 14.3 Å². The summed E-state index contributed by atoms with van der Waals surface area (Å²) in [5.41, 5.74) is 6.84. The van der Waals surface area contributed by atoms with E-state index in [0.717, 1.165) is 5.56 Å². The zero-order chi connectivity index (χ0) is 19.1. The lowest BCUT2D eigenvalue weighted by Crippen LogP contribution is -2.19. The monoisotopic (exact) mass is 369 g/mol. The van der Waals surface area contributed by atoms with E-state index < -0.39 is 11.8 Å². The van der Waals surface area contributed by atoms with Gasteiger partial charge < -0.3 is 15.8 Å². The molecule has 0 fully saturated rings. The van der Waals surface area contributed by atoms with Crippen molar-refractivity contribution in [3.05, 3.63) is 64.2 Å². The number of nitrogens with zero attached hydrogens (tertiary/aromatic N) is 1. The third kappa shape index (κ3) is 5.10. The van der Waals surface area contributed by atoms with Gasteiger partial charge in [-0.2, -0.15) is 5.26 Å². The predicted octanol–water partition coefficient (Wildman–Crippen LogP) is 3.06. The van der Waals surface area contributed by atoms with Gasteiger partial charge in [-0.25, -0.2) is 0 Å². The second-order valence-electron chi connectivity index (χ2n) is 5.36. The lowest BCUT2D eigenvalue weighted by atomic mass is 10.1. The van der Waals surface area contributed by atoms with Crippen molar-refractivity contribution in [2.45, 2.75) is 6.92 Å². The second-order valence-corrected chi connectivity index (χ2v) is 5.77. The second kappa shape index (κ2) is 8.70. The van der Waals surface area contributed by atoms with Crippen LogP contribution in [-0.4, -0.2) is 18.4 Å². The van der Waals surface area contributed by atoms with Crippen LogP contribution in [0.4, 0.5) is 5.69 Å². The molecule has 0 radical (unpaired) electrons. The van der Waals surface area contributed by atoms with E-state index in [9.17, 15) is 14.9 Å². The van der Waals surface area contributed by atoms with E-state index in [0.29, 0.717) is 22.0 Å². The van der Waals surface area contributed by atoms with Crippen LogP contribution in [0.15, 0.2) is 48.0 Å². The highest BCUT2D eigenvalue weighted by Crippen LogP contribution is 2.23. The minimum Gasteiger partial charge on any atom is -0.484 e. The molecule has 26 heavy (non-hydrogen) atoms. The summed E-state index contributed by atoms with van der Waals surface area (Å²) in [4.78, 5) is 23.0. The first-order valence-corrected chi connectivity index (χ1v) is 7.98. The number of anilines is 1. The molecule has 0 aliphatic rings. The number of rotatable bonds is 6. The van der Waals surface area contributed by atoms with Gasteiger partial charge in [-0.1, -0.05) is 29.8 Å². The number of nitriles is 1. The van der Waals surface area contributed by atoms with Crippen molar-refractivity contribution in [3.63, 3.8) is 0 Å². The molecule has 7 heteroatoms. The van der Waals surface area contributed by atoms with Crippen LogP contribution < -0.4 is 15.8 Å². The summed E-state index contributed by atoms with van der Waals surface area (Å²) in [5, 5.41) is 12.5. The largest absolute Gasteiger partial charge is 0.484 e. The Morgan fingerprint density at radius 1 is 1.27 bits per heavy atom. The van der Waals surface area contributed by atoms with E-state index in [-0.39, 0.29) is 12.2 Å². The normalized spacial score (nSPS) is 10.7. The lowest BCUT2D eigenvalue weighted by molar-refractivity contribution is -0.120. The summed E-state index contributed by atoms with van der Waals surface area (Å²) in [6.07, 6.45) is 1.45. The minimum absolute atomic E-state index is 0.0600. The molecule has 0 aromatic heterocycles. The molecule has 0 unspecified atom stereocenters. The number of carbonyl (C=O) groups is 2. The molecule has 6 nitrogen and oxygen atoms in total. The highest BCUT2D eigenvalue weighted by Gasteiger charge is 2.12. The van der Waals surface area contributed by atoms with Gasteiger partial charge in [-0.3, -0.25) is 9.59 Å². The summed E-state index contributed by atoms with van der Waals surface area (Å²) in [6, 6.07) is 13.6. The maximum absolute atomic E-state index is 12.3. The first kappa shape index (κ1) is 19.0. The molecule has 3 N–H and O–H groups in total. The van der Waals surface area contributed by atoms with Gasteiger partial charge in [0, 0.05) is 10.7 Å². The number of benzene rings is 2. The third-order valence-electron chi connectivity index (χ3n) is 3.45. The van der Waals surface area contributed by atoms with Crippen molar-refractivity contribution >= 4 is 35.2 Å². The average molecular weight is 370 g/mol. The zero-order valence-electron chi connectivity index (χ0n) is 14.0. The van der Waals surface area contributed by atoms with Crippen molar-refractivity contribution in [2.24, 2.45) is 5.73 Å². The SMILES string of the molecule is Cc1c(Cl)cccc1NC(=O)/C(C#N)=C/c1ccc(OCC(N)=O)cc1. The fourth-order valence-electron chi connectivity index (χ4n) is 2.06. The average Bonchev–Trinajstić information content (AvgIpc) is 2.62. The topological polar surface area (TPSA) is 105 Å². The molecule has 2 aromatic carbocycles. The van der Waals surface area contributed by atoms with Crippen LogP contribution in [0.1, 0.15) is 11.1 Å². The van der Waals surface area contributed by atoms with Gasteiger partial charge in [0.1, 0.15) is 17.4 Å². The van der Waals surface area contributed by atoms with Crippen LogP contribution in [-0.2, 0) is 9.59 Å². The summed E-state index contributed by atoms with van der Waals surface area (Å²) >= 11 is 6.03. The predicted molar refractivity (Wildman–Crippen MR) is 99.5 cm³/mol. The van der Waals surface area contributed by atoms with E-state index in [1.54, 1.807) is 49.4 Å². The molecule has 132 valence electrons. The number of nitrogens with one attached hydrogen (secondary N) is 1. The molecule has 0 aliphatic carbocycles. The number of hydrogen-bond donors (Lipinski definition) is 2. The van der Waals surface area contributed by atoms with Crippen LogP contribution in [0.3, 0.4) is 0 Å². The Bertz CT molecular complexity index is 899. The molecule has 0 heterocycles. The van der Waals surface area contributed by atoms with Gasteiger partial charge in [0.2, 0.25) is 0 Å². The Hall–Kier alpha value is -3.30. The van der Waals surface area contributed by atoms with Crippen molar-refractivity contribution in [1.82, 2.24) is 0 Å². The van der Waals surface area contributed by atoms with E-state index in [2.05, 4.69) is 5.32 Å². The van der Waals surface area contributed by atoms with Crippen molar-refractivity contribution in [1.29, 1.82) is 5.26 Å². The molecule has 0 bridgehead atoms. The number of carbonyl (C=O) groups excluding carboxylic acids is 2. The molecule has 0 aliphatic heterocycles. The Morgan fingerprint density at radius 3 is 2.58 bits per heavy atom. The molecule has 2 aromatic rings. The van der Waals surface area contributed by atoms with Gasteiger partial charge in [0.05, 0.1) is 0 Å². The molecule has 0 saturated heterocycles. The van der Waals surface area contributed by atoms with Gasteiger partial charge in [-0.05, 0) is 48.4 Å². The van der Waals surface area contributed by atoms with Crippen LogP contribution in [0, 0.1) is 18.3 Å². The fourth-order valence-corrected chi connectivity index (χ4v) is 2.24. The van der Waals surface area contributed by atoms with Crippen molar-refractivity contribution in [2.75, 3.05) is 11.9 Å². The van der Waals surface area contributed by atoms with Gasteiger partial charge in [-0.15, -0.1) is 0 Å². The van der Waals surface area contributed by atoms with Crippen molar-refractivity contribution in [3.8, 4) is 11.8 Å². The third-order valence-corrected chi connectivity index (χ3v) is 3.86. The molecular weight excluding hydrogens is 354 g/mol. The van der Waals surface area contributed by atoms with E-state index in [4.69, 9.17) is 22.1 Å². The number of hydrogen-bond acceptors (Lipinski definition) is 4. The van der Waals surface area contributed by atoms with Crippen LogP contribution in [0.5, 0.6) is 5.75 Å². The molecule has 2 rings (SSSR count). The van der Waals surface area contributed by atoms with Crippen LogP contribution >= 0.6 is 11.6 Å². The highest BCUT2D eigenvalue weighted by molar-refractivity contribution is 6.31. The summed E-state index contributed by atoms with van der Waals surface area (Å²) in [5.74, 6) is -0.654. The molecule has 0 saturated carbocycles. The van der Waals surface area contributed by atoms with Crippen LogP contribution in [0.2, 0.25) is 5.02 Å². The number of ether oxygens (including phenoxy) is 1. The summed E-state index contributed by atoms with van der Waals surface area (Å²) < 4.78 is 5.15. The fraction of sp³-hybridized carbons (Fsp3) is 0.105. The van der Waals surface area contributed by atoms with E-state index >= 15 is 0 Å². The number of halogens is 1. The number of nitrogens with two attached hydrogens (primary N) is 1. The summed E-state index contributed by atoms with van der Waals surface area (Å²) in [7, 11) is 0. The standard InChI is InChI=1S/C19H16ClN3O3/c1-12-16(20)3-2-4-17(12)23-19(25)14(10-21)9-13-5-7-15(8-6-13)26-11-18(22)24/h2-9H,11H2,1H3,(H2,22,24)(H,23,25)/b14-9+. The first-order chi connectivity index (χ1) is 12.4. The van der Waals surface area contributed by atoms with Crippen LogP contribution in [0.25, 0.3) is 6.08 Å². The Kier molecular flexibility index (Phi) is 6.36. The van der Waals surface area contributed by atoms with Gasteiger partial charge >= 0.3 is 0 Å². The maximum Gasteiger partial charge on any atom is 0.266 e. The van der Waals surface area contributed by atoms with Gasteiger partial charge in [0.25, 0.3) is 11.8 Å². The molecule has 0 spiro atoms. The Morgan fingerprint density at radius 2 is 1.96 bits per heavy atom. The smallest absolute Gasteiger partial charge is 0.266 e. The summed E-state index contributed by atoms with van der Waals surface area (Å²) in [6.45, 7) is 1.55. The van der Waals surface area contributed by atoms with Gasteiger partial charge in [0.15, 0.2) is 6.61 Å². The highest BCUT2D eigenvalue weighted by atomic mass is 35.5. The quantitative estimate of drug-likeness (QED) is 0.603. The molecular formula is C19H16ClN3O3.